The monoisotopic (exact) mass is 263 g/mol. The number of carboxylic acid groups (broad SMARTS) is 1. The largest absolute Gasteiger partial charge is 0.475 e. The zero-order valence-electron chi connectivity index (χ0n) is 8.87. The lowest BCUT2D eigenvalue weighted by Crippen LogP contribution is -2.04. The molecule has 0 bridgehead atoms. The van der Waals surface area contributed by atoms with Crippen LogP contribution in [0, 0.1) is 5.82 Å². The van der Waals surface area contributed by atoms with Gasteiger partial charge in [-0.25, -0.2) is 9.18 Å². The molecule has 2 heterocycles. The van der Waals surface area contributed by atoms with Crippen LogP contribution in [0.3, 0.4) is 0 Å². The van der Waals surface area contributed by atoms with E-state index in [2.05, 4.69) is 10.2 Å². The number of fused-ring (bicyclic) bond motifs is 1. The fourth-order valence-corrected chi connectivity index (χ4v) is 2.52. The Balaban J connectivity index is 2.25. The molecule has 0 fully saturated rings. The van der Waals surface area contributed by atoms with Crippen LogP contribution < -0.4 is 0 Å². The van der Waals surface area contributed by atoms with Gasteiger partial charge in [0, 0.05) is 5.38 Å². The SMILES string of the molecule is O=C(O)c1nnc2scc(-c3ccc(F)cc3)n12. The number of thiazole rings is 1. The number of hydrogen-bond acceptors (Lipinski definition) is 4. The van der Waals surface area contributed by atoms with Crippen molar-refractivity contribution in [1.29, 1.82) is 0 Å². The molecule has 0 atom stereocenters. The molecule has 3 rings (SSSR count). The highest BCUT2D eigenvalue weighted by atomic mass is 32.1. The van der Waals surface area contributed by atoms with Gasteiger partial charge in [0.15, 0.2) is 0 Å². The summed E-state index contributed by atoms with van der Waals surface area (Å²) in [4.78, 5) is 11.5. The van der Waals surface area contributed by atoms with Crippen LogP contribution in [-0.2, 0) is 0 Å². The zero-order valence-corrected chi connectivity index (χ0v) is 9.69. The first-order valence-corrected chi connectivity index (χ1v) is 5.86. The molecule has 0 saturated heterocycles. The second kappa shape index (κ2) is 3.88. The number of aromatic nitrogens is 3. The maximum absolute atomic E-state index is 12.9. The molecule has 3 aromatic rings. The Morgan fingerprint density at radius 2 is 2.00 bits per heavy atom. The molecule has 2 aromatic heterocycles. The molecule has 1 aromatic carbocycles. The molecule has 0 aliphatic heterocycles. The summed E-state index contributed by atoms with van der Waals surface area (Å²) in [5, 5.41) is 18.2. The molecule has 7 heteroatoms. The summed E-state index contributed by atoms with van der Waals surface area (Å²) in [7, 11) is 0. The van der Waals surface area contributed by atoms with Crippen molar-refractivity contribution in [2.75, 3.05) is 0 Å². The summed E-state index contributed by atoms with van der Waals surface area (Å²) in [6, 6.07) is 5.82. The smallest absolute Gasteiger partial charge is 0.374 e. The van der Waals surface area contributed by atoms with E-state index in [0.717, 1.165) is 0 Å². The van der Waals surface area contributed by atoms with Gasteiger partial charge in [-0.1, -0.05) is 0 Å². The summed E-state index contributed by atoms with van der Waals surface area (Å²) >= 11 is 1.28. The quantitative estimate of drug-likeness (QED) is 0.770. The lowest BCUT2D eigenvalue weighted by atomic mass is 10.2. The Labute approximate surface area is 104 Å². The normalized spacial score (nSPS) is 10.9. The van der Waals surface area contributed by atoms with E-state index in [1.54, 1.807) is 17.5 Å². The molecule has 0 unspecified atom stereocenters. The van der Waals surface area contributed by atoms with Crippen LogP contribution in [0.15, 0.2) is 29.6 Å². The topological polar surface area (TPSA) is 67.5 Å². The Bertz CT molecular complexity index is 732. The summed E-state index contributed by atoms with van der Waals surface area (Å²) in [5.74, 6) is -1.64. The molecule has 0 amide bonds. The minimum Gasteiger partial charge on any atom is -0.475 e. The number of hydrogen-bond donors (Lipinski definition) is 1. The van der Waals surface area contributed by atoms with E-state index in [9.17, 15) is 9.18 Å². The molecule has 18 heavy (non-hydrogen) atoms. The molecule has 0 aliphatic carbocycles. The van der Waals surface area contributed by atoms with Crippen molar-refractivity contribution in [1.82, 2.24) is 14.6 Å². The third-order valence-corrected chi connectivity index (χ3v) is 3.30. The van der Waals surface area contributed by atoms with Crippen LogP contribution in [0.1, 0.15) is 10.6 Å². The Morgan fingerprint density at radius 1 is 1.28 bits per heavy atom. The van der Waals surface area contributed by atoms with Crippen LogP contribution in [-0.4, -0.2) is 25.7 Å². The molecular weight excluding hydrogens is 257 g/mol. The average Bonchev–Trinajstić information content (AvgIpc) is 2.90. The molecular formula is C11H6FN3O2S. The third kappa shape index (κ3) is 1.56. The lowest BCUT2D eigenvalue weighted by molar-refractivity contribution is 0.0682. The minimum atomic E-state index is -1.15. The number of rotatable bonds is 2. The highest BCUT2D eigenvalue weighted by Crippen LogP contribution is 2.26. The van der Waals surface area contributed by atoms with Gasteiger partial charge >= 0.3 is 5.97 Å². The molecule has 0 spiro atoms. The number of carboxylic acids is 1. The Hall–Kier alpha value is -2.28. The van der Waals surface area contributed by atoms with Gasteiger partial charge < -0.3 is 5.11 Å². The predicted molar refractivity (Wildman–Crippen MR) is 63.2 cm³/mol. The highest BCUT2D eigenvalue weighted by Gasteiger charge is 2.18. The number of nitrogens with zero attached hydrogens (tertiary/aromatic N) is 3. The third-order valence-electron chi connectivity index (χ3n) is 2.48. The number of halogens is 1. The summed E-state index contributed by atoms with van der Waals surface area (Å²) in [6.07, 6.45) is 0. The van der Waals surface area contributed by atoms with Gasteiger partial charge in [-0.05, 0) is 29.8 Å². The molecule has 5 nitrogen and oxygen atoms in total. The molecule has 0 radical (unpaired) electrons. The highest BCUT2D eigenvalue weighted by molar-refractivity contribution is 7.15. The van der Waals surface area contributed by atoms with Gasteiger partial charge in [0.2, 0.25) is 10.8 Å². The molecule has 0 aliphatic rings. The number of carbonyl (C=O) groups is 1. The van der Waals surface area contributed by atoms with Gasteiger partial charge in [0.1, 0.15) is 5.82 Å². The minimum absolute atomic E-state index is 0.148. The van der Waals surface area contributed by atoms with E-state index in [1.165, 1.54) is 27.9 Å². The van der Waals surface area contributed by atoms with Crippen LogP contribution in [0.25, 0.3) is 16.2 Å². The van der Waals surface area contributed by atoms with Gasteiger partial charge in [-0.2, -0.15) is 0 Å². The predicted octanol–water partition coefficient (Wildman–Crippen LogP) is 2.30. The van der Waals surface area contributed by atoms with E-state index < -0.39 is 5.97 Å². The van der Waals surface area contributed by atoms with Gasteiger partial charge in [-0.15, -0.1) is 21.5 Å². The fraction of sp³-hybridized carbons (Fsp3) is 0. The van der Waals surface area contributed by atoms with Crippen molar-refractivity contribution in [3.8, 4) is 11.3 Å². The van der Waals surface area contributed by atoms with E-state index >= 15 is 0 Å². The molecule has 1 N–H and O–H groups in total. The van der Waals surface area contributed by atoms with Crippen LogP contribution >= 0.6 is 11.3 Å². The van der Waals surface area contributed by atoms with Crippen LogP contribution in [0.5, 0.6) is 0 Å². The maximum atomic E-state index is 12.9. The van der Waals surface area contributed by atoms with Crippen molar-refractivity contribution in [3.63, 3.8) is 0 Å². The lowest BCUT2D eigenvalue weighted by Gasteiger charge is -2.00. The first-order chi connectivity index (χ1) is 8.66. The van der Waals surface area contributed by atoms with Gasteiger partial charge in [0.25, 0.3) is 0 Å². The summed E-state index contributed by atoms with van der Waals surface area (Å²) in [6.45, 7) is 0. The fourth-order valence-electron chi connectivity index (χ4n) is 1.68. The van der Waals surface area contributed by atoms with E-state index in [4.69, 9.17) is 5.11 Å². The number of benzene rings is 1. The van der Waals surface area contributed by atoms with Crippen molar-refractivity contribution in [2.45, 2.75) is 0 Å². The Morgan fingerprint density at radius 3 is 2.67 bits per heavy atom. The van der Waals surface area contributed by atoms with Gasteiger partial charge in [-0.3, -0.25) is 4.40 Å². The van der Waals surface area contributed by atoms with E-state index in [-0.39, 0.29) is 11.6 Å². The standard InChI is InChI=1S/C11H6FN3O2S/c12-7-3-1-6(2-4-7)8-5-18-11-14-13-9(10(16)17)15(8)11/h1-5H,(H,16,17). The average molecular weight is 263 g/mol. The molecule has 90 valence electrons. The zero-order chi connectivity index (χ0) is 12.7. The maximum Gasteiger partial charge on any atom is 0.374 e. The second-order valence-corrected chi connectivity index (χ2v) is 4.41. The van der Waals surface area contributed by atoms with Gasteiger partial charge in [0.05, 0.1) is 5.69 Å². The molecule has 0 saturated carbocycles. The van der Waals surface area contributed by atoms with Crippen molar-refractivity contribution in [3.05, 3.63) is 41.3 Å². The van der Waals surface area contributed by atoms with Crippen LogP contribution in [0.2, 0.25) is 0 Å². The first kappa shape index (κ1) is 10.8. The Kier molecular flexibility index (Phi) is 2.34. The van der Waals surface area contributed by atoms with E-state index in [1.807, 2.05) is 0 Å². The summed E-state index contributed by atoms with van der Waals surface area (Å²) in [5.41, 5.74) is 1.35. The second-order valence-electron chi connectivity index (χ2n) is 3.57. The number of aromatic carboxylic acids is 1. The van der Waals surface area contributed by atoms with Crippen molar-refractivity contribution < 1.29 is 14.3 Å². The summed E-state index contributed by atoms with van der Waals surface area (Å²) < 4.78 is 14.3. The van der Waals surface area contributed by atoms with Crippen molar-refractivity contribution >= 4 is 22.3 Å². The van der Waals surface area contributed by atoms with E-state index in [0.29, 0.717) is 16.2 Å². The first-order valence-electron chi connectivity index (χ1n) is 4.98. The van der Waals surface area contributed by atoms with Crippen molar-refractivity contribution in [2.24, 2.45) is 0 Å². The van der Waals surface area contributed by atoms with Crippen LogP contribution in [0.4, 0.5) is 4.39 Å².